The van der Waals surface area contributed by atoms with Crippen LogP contribution in [-0.2, 0) is 4.74 Å². The molecule has 5 heteroatoms. The van der Waals surface area contributed by atoms with E-state index in [4.69, 9.17) is 4.74 Å². The summed E-state index contributed by atoms with van der Waals surface area (Å²) >= 11 is 0. The summed E-state index contributed by atoms with van der Waals surface area (Å²) in [6, 6.07) is 14.4. The van der Waals surface area contributed by atoms with Crippen LogP contribution in [0.15, 0.2) is 48.5 Å². The third-order valence-electron chi connectivity index (χ3n) is 5.04. The van der Waals surface area contributed by atoms with E-state index in [0.717, 1.165) is 16.7 Å². The van der Waals surface area contributed by atoms with E-state index in [0.29, 0.717) is 6.54 Å². The van der Waals surface area contributed by atoms with Crippen LogP contribution in [0.5, 0.6) is 0 Å². The molecule has 2 unspecified atom stereocenters. The number of carbonyl (C=O) groups excluding carboxylic acids is 1. The van der Waals surface area contributed by atoms with Gasteiger partial charge in [0.2, 0.25) is 0 Å². The minimum atomic E-state index is -0.681. The van der Waals surface area contributed by atoms with Gasteiger partial charge in [-0.3, -0.25) is 0 Å². The van der Waals surface area contributed by atoms with E-state index in [1.165, 1.54) is 12.1 Å². The number of rotatable bonds is 2. The van der Waals surface area contributed by atoms with Crippen molar-refractivity contribution in [2.75, 3.05) is 13.1 Å². The van der Waals surface area contributed by atoms with E-state index >= 15 is 0 Å². The lowest BCUT2D eigenvalue weighted by atomic mass is 9.79. The molecule has 4 nitrogen and oxygen atoms in total. The number of aliphatic hydroxyl groups excluding tert-OH is 1. The topological polar surface area (TPSA) is 49.8 Å². The molecular formula is C24H32FNO3. The maximum atomic E-state index is 13.2. The second-order valence-electron chi connectivity index (χ2n) is 8.59. The number of halogens is 1. The number of benzene rings is 2. The molecule has 0 radical (unpaired) electrons. The van der Waals surface area contributed by atoms with Crippen LogP contribution in [0, 0.1) is 11.7 Å². The Morgan fingerprint density at radius 3 is 2.34 bits per heavy atom. The fourth-order valence-electron chi connectivity index (χ4n) is 3.85. The summed E-state index contributed by atoms with van der Waals surface area (Å²) in [6.07, 6.45) is -1.07. The summed E-state index contributed by atoms with van der Waals surface area (Å²) in [5.74, 6) is -0.280. The first-order valence-corrected chi connectivity index (χ1v) is 9.66. The Morgan fingerprint density at radius 2 is 1.76 bits per heavy atom. The number of aliphatic hydroxyl groups is 1. The van der Waals surface area contributed by atoms with Gasteiger partial charge in [-0.2, -0.15) is 0 Å². The van der Waals surface area contributed by atoms with Crippen molar-refractivity contribution in [2.24, 2.45) is 5.92 Å². The van der Waals surface area contributed by atoms with Crippen molar-refractivity contribution in [2.45, 2.75) is 52.7 Å². The summed E-state index contributed by atoms with van der Waals surface area (Å²) < 4.78 is 18.7. The van der Waals surface area contributed by atoms with Crippen molar-refractivity contribution in [3.05, 3.63) is 59.9 Å². The second kappa shape index (κ2) is 8.95. The number of nitrogens with zero attached hydrogens (tertiary/aromatic N) is 1. The molecule has 2 aromatic rings. The van der Waals surface area contributed by atoms with Crippen molar-refractivity contribution in [3.63, 3.8) is 0 Å². The van der Waals surface area contributed by atoms with Crippen molar-refractivity contribution in [1.29, 1.82) is 0 Å². The lowest BCUT2D eigenvalue weighted by Gasteiger charge is -2.41. The molecule has 1 aliphatic heterocycles. The SMILES string of the molecule is C.CC1CN(C(=O)OC(C)(C)C)CC(O)[C@@H]1c1cccc(-c2ccc(F)cc2)c1. The molecule has 0 spiro atoms. The van der Waals surface area contributed by atoms with E-state index in [1.807, 2.05) is 52.0 Å². The van der Waals surface area contributed by atoms with Gasteiger partial charge in [0.15, 0.2) is 0 Å². The van der Waals surface area contributed by atoms with Gasteiger partial charge in [-0.05, 0) is 55.5 Å². The third kappa shape index (κ3) is 5.57. The number of β-amino-alcohol motifs (C(OH)–C–C–N with tert-alkyl or cyclic N) is 1. The average molecular weight is 402 g/mol. The number of hydrogen-bond acceptors (Lipinski definition) is 3. The Morgan fingerprint density at radius 1 is 1.10 bits per heavy atom. The molecule has 1 aliphatic rings. The van der Waals surface area contributed by atoms with E-state index in [2.05, 4.69) is 0 Å². The third-order valence-corrected chi connectivity index (χ3v) is 5.04. The molecule has 1 fully saturated rings. The maximum absolute atomic E-state index is 13.2. The monoisotopic (exact) mass is 401 g/mol. The predicted octanol–water partition coefficient (Wildman–Crippen LogP) is 5.46. The number of amides is 1. The van der Waals surface area contributed by atoms with E-state index in [-0.39, 0.29) is 31.6 Å². The van der Waals surface area contributed by atoms with E-state index in [1.54, 1.807) is 17.0 Å². The highest BCUT2D eigenvalue weighted by Gasteiger charge is 2.37. The van der Waals surface area contributed by atoms with Gasteiger partial charge in [-0.15, -0.1) is 0 Å². The van der Waals surface area contributed by atoms with Crippen LogP contribution in [0.1, 0.15) is 46.6 Å². The molecule has 29 heavy (non-hydrogen) atoms. The Bertz CT molecular complexity index is 817. The highest BCUT2D eigenvalue weighted by molar-refractivity contribution is 5.68. The van der Waals surface area contributed by atoms with Gasteiger partial charge >= 0.3 is 6.09 Å². The second-order valence-corrected chi connectivity index (χ2v) is 8.59. The molecule has 1 saturated heterocycles. The quantitative estimate of drug-likeness (QED) is 0.727. The number of hydrogen-bond donors (Lipinski definition) is 1. The lowest BCUT2D eigenvalue weighted by Crippen LogP contribution is -2.50. The summed E-state index contributed by atoms with van der Waals surface area (Å²) in [5.41, 5.74) is 2.36. The highest BCUT2D eigenvalue weighted by atomic mass is 19.1. The van der Waals surface area contributed by atoms with E-state index in [9.17, 15) is 14.3 Å². The molecule has 0 saturated carbocycles. The van der Waals surface area contributed by atoms with Crippen LogP contribution in [0.2, 0.25) is 0 Å². The number of ether oxygens (including phenoxy) is 1. The molecule has 1 amide bonds. The fourth-order valence-corrected chi connectivity index (χ4v) is 3.85. The van der Waals surface area contributed by atoms with Crippen LogP contribution in [0.3, 0.4) is 0 Å². The molecule has 0 aromatic heterocycles. The first kappa shape index (κ1) is 22.9. The molecule has 3 atom stereocenters. The van der Waals surface area contributed by atoms with E-state index < -0.39 is 17.8 Å². The van der Waals surface area contributed by atoms with Crippen LogP contribution in [-0.4, -0.2) is 40.9 Å². The first-order valence-electron chi connectivity index (χ1n) is 9.66. The smallest absolute Gasteiger partial charge is 0.410 e. The van der Waals surface area contributed by atoms with Gasteiger partial charge in [0.25, 0.3) is 0 Å². The molecule has 2 aromatic carbocycles. The molecule has 0 aliphatic carbocycles. The van der Waals surface area contributed by atoms with Crippen LogP contribution in [0.25, 0.3) is 11.1 Å². The van der Waals surface area contributed by atoms with Crippen molar-refractivity contribution < 1.29 is 19.0 Å². The summed E-state index contributed by atoms with van der Waals surface area (Å²) in [6.45, 7) is 8.30. The molecular weight excluding hydrogens is 369 g/mol. The lowest BCUT2D eigenvalue weighted by molar-refractivity contribution is -0.0137. The Kier molecular flexibility index (Phi) is 7.06. The van der Waals surface area contributed by atoms with Crippen LogP contribution < -0.4 is 0 Å². The van der Waals surface area contributed by atoms with Crippen molar-refractivity contribution in [1.82, 2.24) is 4.90 Å². The fraction of sp³-hybridized carbons (Fsp3) is 0.458. The maximum Gasteiger partial charge on any atom is 0.410 e. The molecule has 1 heterocycles. The Balaban J connectivity index is 0.00000300. The predicted molar refractivity (Wildman–Crippen MR) is 114 cm³/mol. The number of piperidine rings is 1. The van der Waals surface area contributed by atoms with Gasteiger partial charge in [-0.1, -0.05) is 50.7 Å². The summed E-state index contributed by atoms with van der Waals surface area (Å²) in [7, 11) is 0. The molecule has 158 valence electrons. The van der Waals surface area contributed by atoms with Crippen LogP contribution >= 0.6 is 0 Å². The van der Waals surface area contributed by atoms with Gasteiger partial charge in [0.05, 0.1) is 12.6 Å². The first-order chi connectivity index (χ1) is 13.1. The van der Waals surface area contributed by atoms with Crippen molar-refractivity contribution >= 4 is 6.09 Å². The molecule has 3 rings (SSSR count). The van der Waals surface area contributed by atoms with Gasteiger partial charge in [0, 0.05) is 12.5 Å². The number of likely N-dealkylation sites (tertiary alicyclic amines) is 1. The van der Waals surface area contributed by atoms with Gasteiger partial charge in [0.1, 0.15) is 11.4 Å². The average Bonchev–Trinajstić information content (AvgIpc) is 2.60. The molecule has 0 bridgehead atoms. The summed E-state index contributed by atoms with van der Waals surface area (Å²) in [5, 5.41) is 10.8. The number of carbonyl (C=O) groups is 1. The Hall–Kier alpha value is -2.40. The zero-order chi connectivity index (χ0) is 20.5. The van der Waals surface area contributed by atoms with Crippen LogP contribution in [0.4, 0.5) is 9.18 Å². The van der Waals surface area contributed by atoms with Crippen molar-refractivity contribution in [3.8, 4) is 11.1 Å². The summed E-state index contributed by atoms with van der Waals surface area (Å²) in [4.78, 5) is 14.0. The minimum absolute atomic E-state index is 0. The normalized spacial score (nSPS) is 22.0. The standard InChI is InChI=1S/C23H28FNO3.CH4/c1-15-13-25(22(27)28-23(2,3)4)14-20(26)21(15)18-7-5-6-17(12-18)16-8-10-19(24)11-9-16;/h5-12,15,20-21,26H,13-14H2,1-4H3;1H4/t15?,20?,21-;/m0./s1. The minimum Gasteiger partial charge on any atom is -0.444 e. The largest absolute Gasteiger partial charge is 0.444 e. The van der Waals surface area contributed by atoms with Gasteiger partial charge in [-0.25, -0.2) is 9.18 Å². The van der Waals surface area contributed by atoms with Gasteiger partial charge < -0.3 is 14.7 Å². The zero-order valence-electron chi connectivity index (χ0n) is 16.9. The highest BCUT2D eigenvalue weighted by Crippen LogP contribution is 2.35. The Labute approximate surface area is 173 Å². The molecule has 1 N–H and O–H groups in total. The zero-order valence-corrected chi connectivity index (χ0v) is 16.9.